The van der Waals surface area contributed by atoms with Crippen molar-refractivity contribution >= 4 is 27.2 Å². The van der Waals surface area contributed by atoms with Crippen molar-refractivity contribution in [3.05, 3.63) is 30.2 Å². The number of urea groups is 1. The number of hydrogen-bond acceptors (Lipinski definition) is 4. The lowest BCUT2D eigenvalue weighted by atomic mass is 10.2. The van der Waals surface area contributed by atoms with Gasteiger partial charge in [-0.1, -0.05) is 0 Å². The number of amides is 2. The molecule has 0 aliphatic carbocycles. The van der Waals surface area contributed by atoms with E-state index in [2.05, 4.69) is 10.3 Å². The number of aryl methyl sites for hydroxylation is 1. The van der Waals surface area contributed by atoms with Crippen LogP contribution in [-0.2, 0) is 9.84 Å². The Balaban J connectivity index is 1.79. The summed E-state index contributed by atoms with van der Waals surface area (Å²) in [6.45, 7) is 4.14. The number of nitrogens with zero attached hydrogens (tertiary/aromatic N) is 3. The summed E-state index contributed by atoms with van der Waals surface area (Å²) < 4.78 is 25.4. The third kappa shape index (κ3) is 3.31. The molecule has 1 aliphatic rings. The SMILES string of the molecule is Cc1cc(NC(=O)N2CCCS(=O)(=O)CC2C)cn2ccnc12. The van der Waals surface area contributed by atoms with Gasteiger partial charge in [-0.25, -0.2) is 18.2 Å². The van der Waals surface area contributed by atoms with Gasteiger partial charge in [0.15, 0.2) is 9.84 Å². The van der Waals surface area contributed by atoms with Crippen LogP contribution in [0.4, 0.5) is 10.5 Å². The van der Waals surface area contributed by atoms with E-state index in [0.29, 0.717) is 18.7 Å². The summed E-state index contributed by atoms with van der Waals surface area (Å²) in [4.78, 5) is 18.4. The molecule has 0 spiro atoms. The van der Waals surface area contributed by atoms with Crippen molar-refractivity contribution in [2.45, 2.75) is 26.3 Å². The van der Waals surface area contributed by atoms with Crippen LogP contribution in [0, 0.1) is 6.92 Å². The number of carbonyl (C=O) groups excluding carboxylic acids is 1. The molecule has 8 heteroatoms. The predicted molar refractivity (Wildman–Crippen MR) is 88.4 cm³/mol. The van der Waals surface area contributed by atoms with Crippen molar-refractivity contribution in [2.75, 3.05) is 23.4 Å². The van der Waals surface area contributed by atoms with Crippen LogP contribution in [0.3, 0.4) is 0 Å². The summed E-state index contributed by atoms with van der Waals surface area (Å²) in [7, 11) is -3.07. The fourth-order valence-electron chi connectivity index (χ4n) is 2.99. The third-order valence-electron chi connectivity index (χ3n) is 4.07. The second-order valence-electron chi connectivity index (χ2n) is 6.01. The van der Waals surface area contributed by atoms with Crippen LogP contribution in [0.1, 0.15) is 18.9 Å². The first-order valence-corrected chi connectivity index (χ1v) is 9.39. The Hall–Kier alpha value is -2.09. The zero-order chi connectivity index (χ0) is 16.6. The van der Waals surface area contributed by atoms with Crippen LogP contribution in [-0.4, -0.2) is 52.8 Å². The van der Waals surface area contributed by atoms with Gasteiger partial charge in [0.2, 0.25) is 0 Å². The summed E-state index contributed by atoms with van der Waals surface area (Å²) >= 11 is 0. The zero-order valence-corrected chi connectivity index (χ0v) is 14.0. The largest absolute Gasteiger partial charge is 0.322 e. The van der Waals surface area contributed by atoms with E-state index in [1.807, 2.05) is 23.6 Å². The van der Waals surface area contributed by atoms with Crippen molar-refractivity contribution < 1.29 is 13.2 Å². The summed E-state index contributed by atoms with van der Waals surface area (Å²) in [5.41, 5.74) is 2.47. The first-order valence-electron chi connectivity index (χ1n) is 7.57. The number of aromatic nitrogens is 2. The number of imidazole rings is 1. The number of nitrogens with one attached hydrogen (secondary N) is 1. The number of hydrogen-bond donors (Lipinski definition) is 1. The van der Waals surface area contributed by atoms with Crippen LogP contribution >= 0.6 is 0 Å². The number of carbonyl (C=O) groups is 1. The topological polar surface area (TPSA) is 83.8 Å². The highest BCUT2D eigenvalue weighted by atomic mass is 32.2. The van der Waals surface area contributed by atoms with Crippen molar-refractivity contribution in [1.82, 2.24) is 14.3 Å². The Morgan fingerprint density at radius 1 is 1.43 bits per heavy atom. The minimum atomic E-state index is -3.07. The molecular weight excluding hydrogens is 316 g/mol. The quantitative estimate of drug-likeness (QED) is 0.859. The first-order chi connectivity index (χ1) is 10.9. The minimum Gasteiger partial charge on any atom is -0.321 e. The van der Waals surface area contributed by atoms with Crippen LogP contribution in [0.25, 0.3) is 5.65 Å². The fraction of sp³-hybridized carbons (Fsp3) is 0.467. The summed E-state index contributed by atoms with van der Waals surface area (Å²) in [5, 5.41) is 2.86. The molecule has 0 bridgehead atoms. The van der Waals surface area contributed by atoms with Crippen molar-refractivity contribution in [3.63, 3.8) is 0 Å². The molecular formula is C15H20N4O3S. The molecule has 0 aromatic carbocycles. The van der Waals surface area contributed by atoms with Gasteiger partial charge in [-0.3, -0.25) is 0 Å². The highest BCUT2D eigenvalue weighted by Gasteiger charge is 2.28. The third-order valence-corrected chi connectivity index (χ3v) is 5.97. The van der Waals surface area contributed by atoms with E-state index >= 15 is 0 Å². The molecule has 0 saturated carbocycles. The maximum absolute atomic E-state index is 12.5. The number of pyridine rings is 1. The molecule has 1 N–H and O–H groups in total. The van der Waals surface area contributed by atoms with E-state index in [9.17, 15) is 13.2 Å². The monoisotopic (exact) mass is 336 g/mol. The smallest absolute Gasteiger partial charge is 0.321 e. The molecule has 2 aromatic rings. The molecule has 3 heterocycles. The summed E-state index contributed by atoms with van der Waals surface area (Å²) in [6.07, 6.45) is 5.79. The van der Waals surface area contributed by atoms with Crippen LogP contribution in [0.2, 0.25) is 0 Å². The predicted octanol–water partition coefficient (Wildman–Crippen LogP) is 1.68. The Bertz CT molecular complexity index is 844. The summed E-state index contributed by atoms with van der Waals surface area (Å²) in [5.74, 6) is 0.154. The van der Waals surface area contributed by atoms with E-state index in [0.717, 1.165) is 11.2 Å². The molecule has 2 amide bonds. The van der Waals surface area contributed by atoms with Gasteiger partial charge < -0.3 is 14.6 Å². The number of fused-ring (bicyclic) bond motifs is 1. The van der Waals surface area contributed by atoms with E-state index in [-0.39, 0.29) is 23.6 Å². The van der Waals surface area contributed by atoms with Gasteiger partial charge in [0.1, 0.15) is 5.65 Å². The Morgan fingerprint density at radius 3 is 3.00 bits per heavy atom. The van der Waals surface area contributed by atoms with Gasteiger partial charge in [0.25, 0.3) is 0 Å². The van der Waals surface area contributed by atoms with Crippen LogP contribution in [0.5, 0.6) is 0 Å². The van der Waals surface area contributed by atoms with Gasteiger partial charge >= 0.3 is 6.03 Å². The maximum Gasteiger partial charge on any atom is 0.322 e. The molecule has 1 fully saturated rings. The molecule has 1 unspecified atom stereocenters. The van der Waals surface area contributed by atoms with E-state index < -0.39 is 9.84 Å². The van der Waals surface area contributed by atoms with Gasteiger partial charge in [-0.15, -0.1) is 0 Å². The molecule has 23 heavy (non-hydrogen) atoms. The second kappa shape index (κ2) is 5.84. The molecule has 3 rings (SSSR count). The Morgan fingerprint density at radius 2 is 2.22 bits per heavy atom. The number of anilines is 1. The fourth-order valence-corrected chi connectivity index (χ4v) is 4.64. The molecule has 1 aliphatic heterocycles. The summed E-state index contributed by atoms with van der Waals surface area (Å²) in [6, 6.07) is 1.26. The Labute approximate surface area is 135 Å². The highest BCUT2D eigenvalue weighted by molar-refractivity contribution is 7.91. The van der Waals surface area contributed by atoms with E-state index in [1.54, 1.807) is 24.2 Å². The van der Waals surface area contributed by atoms with Gasteiger partial charge in [-0.05, 0) is 31.9 Å². The molecule has 7 nitrogen and oxygen atoms in total. The number of rotatable bonds is 1. The van der Waals surface area contributed by atoms with E-state index in [4.69, 9.17) is 0 Å². The van der Waals surface area contributed by atoms with Crippen molar-refractivity contribution in [2.24, 2.45) is 0 Å². The highest BCUT2D eigenvalue weighted by Crippen LogP contribution is 2.17. The molecule has 2 aromatic heterocycles. The number of sulfone groups is 1. The second-order valence-corrected chi connectivity index (χ2v) is 8.24. The van der Waals surface area contributed by atoms with E-state index in [1.165, 1.54) is 0 Å². The average molecular weight is 336 g/mol. The van der Waals surface area contributed by atoms with Crippen molar-refractivity contribution in [3.8, 4) is 0 Å². The van der Waals surface area contributed by atoms with Crippen LogP contribution in [0.15, 0.2) is 24.7 Å². The molecule has 124 valence electrons. The molecule has 0 radical (unpaired) electrons. The van der Waals surface area contributed by atoms with Gasteiger partial charge in [0.05, 0.1) is 17.2 Å². The lowest BCUT2D eigenvalue weighted by molar-refractivity contribution is 0.199. The zero-order valence-electron chi connectivity index (χ0n) is 13.2. The lowest BCUT2D eigenvalue weighted by Gasteiger charge is -2.26. The first kappa shape index (κ1) is 15.8. The molecule has 1 saturated heterocycles. The van der Waals surface area contributed by atoms with Crippen molar-refractivity contribution in [1.29, 1.82) is 0 Å². The minimum absolute atomic E-state index is 0.0139. The standard InChI is InChI=1S/C15H20N4O3S/c1-11-8-13(9-18-6-4-16-14(11)18)17-15(20)19-5-3-7-23(21,22)10-12(19)2/h4,6,8-9,12H,3,5,7,10H2,1-2H3,(H,17,20). The maximum atomic E-state index is 12.5. The van der Waals surface area contributed by atoms with Crippen LogP contribution < -0.4 is 5.32 Å². The normalized spacial score (nSPS) is 21.1. The average Bonchev–Trinajstić information content (AvgIpc) is 2.86. The van der Waals surface area contributed by atoms with Gasteiger partial charge in [0, 0.05) is 31.2 Å². The van der Waals surface area contributed by atoms with Gasteiger partial charge in [-0.2, -0.15) is 0 Å². The Kier molecular flexibility index (Phi) is 4.01. The molecule has 1 atom stereocenters. The lowest BCUT2D eigenvalue weighted by Crippen LogP contribution is -2.43.